The van der Waals surface area contributed by atoms with Crippen molar-refractivity contribution in [2.24, 2.45) is 0 Å². The predicted octanol–water partition coefficient (Wildman–Crippen LogP) is 2.54. The highest BCUT2D eigenvalue weighted by atomic mass is 35.5. The Bertz CT molecular complexity index is 1500. The molecule has 212 valence electrons. The molecule has 0 aromatic heterocycles. The Balaban J connectivity index is 1.66. The molecule has 0 bridgehead atoms. The number of hydrogen-bond donors (Lipinski definition) is 0. The fourth-order valence-electron chi connectivity index (χ4n) is 4.86. The summed E-state index contributed by atoms with van der Waals surface area (Å²) in [5.41, 5.74) is 1.11. The summed E-state index contributed by atoms with van der Waals surface area (Å²) < 4.78 is 63.8. The lowest BCUT2D eigenvalue weighted by Crippen LogP contribution is -2.32. The molecule has 2 aromatic rings. The summed E-state index contributed by atoms with van der Waals surface area (Å²) in [6, 6.07) is 7.53. The van der Waals surface area contributed by atoms with Gasteiger partial charge in [-0.25, -0.2) is 0 Å². The van der Waals surface area contributed by atoms with E-state index in [9.17, 15) is 26.4 Å². The molecule has 2 aliphatic rings. The Morgan fingerprint density at radius 2 is 1.49 bits per heavy atom. The highest BCUT2D eigenvalue weighted by molar-refractivity contribution is 7.86. The van der Waals surface area contributed by atoms with Crippen LogP contribution in [-0.4, -0.2) is 89.9 Å². The van der Waals surface area contributed by atoms with E-state index < -0.39 is 44.0 Å². The van der Waals surface area contributed by atoms with Gasteiger partial charge in [-0.15, -0.1) is 23.2 Å². The number of ketones is 2. The standard InChI is InChI=1S/C25H27Cl2NO9S2/c1-38(31,32)36-21-14-19-17(25(21)37-39(2,33)34)5-6-18-22(19)24(30)20-13-15(3-4-16(20)23(18)29)35-12-11-28(9-7-26)10-8-27/h3-6,13,21,25H,7-12,14H2,1-2H3. The molecule has 10 nitrogen and oxygen atoms in total. The average Bonchev–Trinajstić information content (AvgIpc) is 3.16. The Morgan fingerprint density at radius 1 is 0.846 bits per heavy atom. The van der Waals surface area contributed by atoms with Crippen LogP contribution in [0.3, 0.4) is 0 Å². The zero-order chi connectivity index (χ0) is 28.5. The summed E-state index contributed by atoms with van der Waals surface area (Å²) in [6.07, 6.45) is -1.03. The Hall–Kier alpha value is -2.06. The van der Waals surface area contributed by atoms with Gasteiger partial charge in [-0.05, 0) is 35.4 Å². The number of rotatable bonds is 12. The van der Waals surface area contributed by atoms with E-state index in [0.29, 0.717) is 49.3 Å². The second kappa shape index (κ2) is 11.8. The van der Waals surface area contributed by atoms with Crippen molar-refractivity contribution in [1.82, 2.24) is 4.90 Å². The second-order valence-electron chi connectivity index (χ2n) is 9.25. The SMILES string of the molecule is CS(=O)(=O)OC1Cc2c(ccc3c2C(=O)c2cc(OCCN(CCCl)CCCl)ccc2C3=O)C1OS(C)(=O)=O. The third kappa shape index (κ3) is 6.82. The van der Waals surface area contributed by atoms with Crippen molar-refractivity contribution in [3.63, 3.8) is 0 Å². The van der Waals surface area contributed by atoms with Crippen LogP contribution in [0.25, 0.3) is 0 Å². The van der Waals surface area contributed by atoms with E-state index in [0.717, 1.165) is 12.5 Å². The molecule has 0 radical (unpaired) electrons. The van der Waals surface area contributed by atoms with Gasteiger partial charge in [0.15, 0.2) is 11.6 Å². The van der Waals surface area contributed by atoms with E-state index in [1.165, 1.54) is 24.3 Å². The monoisotopic (exact) mass is 619 g/mol. The van der Waals surface area contributed by atoms with Crippen LogP contribution < -0.4 is 4.74 Å². The van der Waals surface area contributed by atoms with Gasteiger partial charge in [-0.3, -0.25) is 22.9 Å². The van der Waals surface area contributed by atoms with Gasteiger partial charge in [-0.1, -0.05) is 6.07 Å². The Kier molecular flexibility index (Phi) is 9.06. The maximum atomic E-state index is 13.7. The van der Waals surface area contributed by atoms with Crippen LogP contribution in [0.1, 0.15) is 49.1 Å². The molecule has 14 heteroatoms. The average molecular weight is 621 g/mol. The first kappa shape index (κ1) is 29.9. The van der Waals surface area contributed by atoms with Crippen molar-refractivity contribution >= 4 is 55.0 Å². The van der Waals surface area contributed by atoms with Gasteiger partial charge in [0.05, 0.1) is 12.5 Å². The third-order valence-corrected chi connectivity index (χ3v) is 7.90. The van der Waals surface area contributed by atoms with Crippen LogP contribution in [0.15, 0.2) is 30.3 Å². The minimum Gasteiger partial charge on any atom is -0.492 e. The number of ether oxygens (including phenoxy) is 1. The summed E-state index contributed by atoms with van der Waals surface area (Å²) in [7, 11) is -8.02. The number of alkyl halides is 2. The summed E-state index contributed by atoms with van der Waals surface area (Å²) in [6.45, 7) is 2.15. The van der Waals surface area contributed by atoms with E-state index in [-0.39, 0.29) is 34.2 Å². The molecule has 39 heavy (non-hydrogen) atoms. The summed E-state index contributed by atoms with van der Waals surface area (Å²) in [4.78, 5) is 29.1. The van der Waals surface area contributed by atoms with E-state index in [4.69, 9.17) is 36.3 Å². The highest BCUT2D eigenvalue weighted by Crippen LogP contribution is 2.43. The number of nitrogens with zero attached hydrogens (tertiary/aromatic N) is 1. The maximum Gasteiger partial charge on any atom is 0.265 e. The molecule has 0 saturated carbocycles. The smallest absolute Gasteiger partial charge is 0.265 e. The summed E-state index contributed by atoms with van der Waals surface area (Å²) in [5.74, 6) is 0.423. The fraction of sp³-hybridized carbons (Fsp3) is 0.440. The quantitative estimate of drug-likeness (QED) is 0.220. The molecule has 0 N–H and O–H groups in total. The van der Waals surface area contributed by atoms with Gasteiger partial charge in [0.25, 0.3) is 20.2 Å². The molecule has 0 amide bonds. The molecule has 4 rings (SSSR count). The zero-order valence-corrected chi connectivity index (χ0v) is 24.3. The van der Waals surface area contributed by atoms with Gasteiger partial charge in [-0.2, -0.15) is 16.8 Å². The third-order valence-electron chi connectivity index (χ3n) is 6.41. The molecule has 0 fully saturated rings. The number of hydrogen-bond acceptors (Lipinski definition) is 10. The van der Waals surface area contributed by atoms with Crippen LogP contribution >= 0.6 is 23.2 Å². The van der Waals surface area contributed by atoms with Gasteiger partial charge >= 0.3 is 0 Å². The minimum atomic E-state index is -4.02. The van der Waals surface area contributed by atoms with E-state index in [2.05, 4.69) is 0 Å². The Morgan fingerprint density at radius 3 is 2.10 bits per heavy atom. The molecule has 0 heterocycles. The molecule has 2 aliphatic carbocycles. The van der Waals surface area contributed by atoms with Gasteiger partial charge in [0, 0.05) is 60.1 Å². The molecule has 0 saturated heterocycles. The van der Waals surface area contributed by atoms with Crippen molar-refractivity contribution in [3.05, 3.63) is 63.7 Å². The highest BCUT2D eigenvalue weighted by Gasteiger charge is 2.43. The maximum absolute atomic E-state index is 13.7. The molecule has 0 aliphatic heterocycles. The van der Waals surface area contributed by atoms with Crippen molar-refractivity contribution < 1.29 is 39.5 Å². The van der Waals surface area contributed by atoms with Crippen molar-refractivity contribution in [2.75, 3.05) is 50.5 Å². The van der Waals surface area contributed by atoms with Gasteiger partial charge in [0.2, 0.25) is 0 Å². The zero-order valence-electron chi connectivity index (χ0n) is 21.2. The molecule has 2 aromatic carbocycles. The van der Waals surface area contributed by atoms with Crippen LogP contribution in [0.2, 0.25) is 0 Å². The number of halogens is 2. The fourth-order valence-corrected chi connectivity index (χ4v) is 6.56. The van der Waals surface area contributed by atoms with Crippen LogP contribution in [-0.2, 0) is 35.0 Å². The predicted molar refractivity (Wildman–Crippen MR) is 145 cm³/mol. The number of fused-ring (bicyclic) bond motifs is 4. The lowest BCUT2D eigenvalue weighted by atomic mass is 9.80. The molecular formula is C25H27Cl2NO9S2. The largest absolute Gasteiger partial charge is 0.492 e. The molecule has 2 atom stereocenters. The topological polar surface area (TPSA) is 133 Å². The van der Waals surface area contributed by atoms with Gasteiger partial charge < -0.3 is 4.74 Å². The van der Waals surface area contributed by atoms with Crippen molar-refractivity contribution in [3.8, 4) is 5.75 Å². The number of benzene rings is 2. The first-order chi connectivity index (χ1) is 18.3. The van der Waals surface area contributed by atoms with Crippen molar-refractivity contribution in [2.45, 2.75) is 18.6 Å². The molecule has 2 unspecified atom stereocenters. The first-order valence-corrected chi connectivity index (χ1v) is 16.7. The van der Waals surface area contributed by atoms with E-state index in [1.807, 2.05) is 4.90 Å². The lowest BCUT2D eigenvalue weighted by Gasteiger charge is -2.22. The van der Waals surface area contributed by atoms with Crippen LogP contribution in [0.5, 0.6) is 5.75 Å². The normalized spacial score (nSPS) is 18.7. The van der Waals surface area contributed by atoms with Crippen LogP contribution in [0, 0.1) is 0 Å². The van der Waals surface area contributed by atoms with Gasteiger partial charge in [0.1, 0.15) is 24.6 Å². The molecule has 0 spiro atoms. The minimum absolute atomic E-state index is 0.0688. The van der Waals surface area contributed by atoms with E-state index >= 15 is 0 Å². The van der Waals surface area contributed by atoms with E-state index in [1.54, 1.807) is 6.07 Å². The summed E-state index contributed by atoms with van der Waals surface area (Å²) in [5, 5.41) is 0. The number of carbonyl (C=O) groups excluding carboxylic acids is 2. The Labute approximate surface area is 237 Å². The second-order valence-corrected chi connectivity index (χ2v) is 13.2. The first-order valence-electron chi connectivity index (χ1n) is 12.0. The van der Waals surface area contributed by atoms with Crippen molar-refractivity contribution in [1.29, 1.82) is 0 Å². The number of carbonyl (C=O) groups is 2. The summed E-state index contributed by atoms with van der Waals surface area (Å²) >= 11 is 11.7. The van der Waals surface area contributed by atoms with Crippen LogP contribution in [0.4, 0.5) is 0 Å². The lowest BCUT2D eigenvalue weighted by molar-refractivity contribution is 0.0780. The molecular weight excluding hydrogens is 593 g/mol.